The average Bonchev–Trinajstić information content (AvgIpc) is 2.85. The maximum Gasteiger partial charge on any atom is 0.255 e. The lowest BCUT2D eigenvalue weighted by molar-refractivity contribution is 0.0946. The highest BCUT2D eigenvalue weighted by molar-refractivity contribution is 5.97. The number of nitrogens with one attached hydrogen (secondary N) is 1. The third-order valence-electron chi connectivity index (χ3n) is 3.97. The fourth-order valence-corrected chi connectivity index (χ4v) is 2.59. The van der Waals surface area contributed by atoms with Gasteiger partial charge in [-0.15, -0.1) is 12.4 Å². The lowest BCUT2D eigenvalue weighted by atomic mass is 10.1. The molecule has 0 saturated carbocycles. The van der Waals surface area contributed by atoms with Crippen LogP contribution in [-0.2, 0) is 6.54 Å². The molecule has 5 nitrogen and oxygen atoms in total. The first-order valence-corrected chi connectivity index (χ1v) is 8.16. The van der Waals surface area contributed by atoms with E-state index in [0.717, 1.165) is 17.5 Å². The number of nitrogens with two attached hydrogens (primary N) is 1. The lowest BCUT2D eigenvalue weighted by Crippen LogP contribution is -2.23. The van der Waals surface area contributed by atoms with E-state index in [1.54, 1.807) is 12.1 Å². The van der Waals surface area contributed by atoms with Gasteiger partial charge in [0.2, 0.25) is 0 Å². The first kappa shape index (κ1) is 19.1. The van der Waals surface area contributed by atoms with Crippen molar-refractivity contribution in [3.8, 4) is 11.5 Å². The summed E-state index contributed by atoms with van der Waals surface area (Å²) in [5.41, 5.74) is 8.44. The van der Waals surface area contributed by atoms with Crippen LogP contribution in [0.2, 0.25) is 0 Å². The molecule has 0 unspecified atom stereocenters. The van der Waals surface area contributed by atoms with Crippen molar-refractivity contribution < 1.29 is 14.3 Å². The van der Waals surface area contributed by atoms with Gasteiger partial charge in [0.1, 0.15) is 0 Å². The highest BCUT2D eigenvalue weighted by atomic mass is 35.5. The molecule has 2 aromatic rings. The Bertz CT molecular complexity index is 717. The van der Waals surface area contributed by atoms with Gasteiger partial charge in [0, 0.05) is 19.0 Å². The van der Waals surface area contributed by atoms with Crippen molar-refractivity contribution in [2.75, 3.05) is 13.2 Å². The second-order valence-electron chi connectivity index (χ2n) is 5.90. The molecule has 1 aliphatic rings. The predicted molar refractivity (Wildman–Crippen MR) is 99.5 cm³/mol. The average molecular weight is 363 g/mol. The van der Waals surface area contributed by atoms with Crippen LogP contribution in [0.15, 0.2) is 42.5 Å². The van der Waals surface area contributed by atoms with Gasteiger partial charge in [-0.2, -0.15) is 0 Å². The van der Waals surface area contributed by atoms with Crippen LogP contribution in [0.1, 0.15) is 40.9 Å². The monoisotopic (exact) mass is 362 g/mol. The van der Waals surface area contributed by atoms with E-state index in [9.17, 15) is 4.79 Å². The molecule has 1 heterocycles. The van der Waals surface area contributed by atoms with Gasteiger partial charge in [0.15, 0.2) is 11.5 Å². The number of carbonyl (C=O) groups excluding carboxylic acids is 1. The molecule has 6 heteroatoms. The Morgan fingerprint density at radius 1 is 1.16 bits per heavy atom. The number of para-hydroxylation sites is 1. The van der Waals surface area contributed by atoms with Crippen LogP contribution in [-0.4, -0.2) is 19.1 Å². The second-order valence-corrected chi connectivity index (χ2v) is 5.90. The molecule has 134 valence electrons. The fourth-order valence-electron chi connectivity index (χ4n) is 2.59. The minimum Gasteiger partial charge on any atom is -0.490 e. The van der Waals surface area contributed by atoms with Crippen LogP contribution in [0.3, 0.4) is 0 Å². The van der Waals surface area contributed by atoms with Crippen LogP contribution in [0, 0.1) is 0 Å². The number of carbonyl (C=O) groups is 1. The Morgan fingerprint density at radius 3 is 2.60 bits per heavy atom. The first-order chi connectivity index (χ1) is 11.6. The number of rotatable bonds is 4. The molecule has 3 N–H and O–H groups in total. The summed E-state index contributed by atoms with van der Waals surface area (Å²) in [5.74, 6) is 0.981. The van der Waals surface area contributed by atoms with E-state index in [0.29, 0.717) is 36.8 Å². The number of halogens is 1. The third kappa shape index (κ3) is 4.65. The Hall–Kier alpha value is -2.24. The Morgan fingerprint density at radius 2 is 1.88 bits per heavy atom. The molecule has 1 amide bonds. The van der Waals surface area contributed by atoms with Crippen molar-refractivity contribution in [2.24, 2.45) is 5.73 Å². The summed E-state index contributed by atoms with van der Waals surface area (Å²) in [7, 11) is 0. The van der Waals surface area contributed by atoms with E-state index in [1.807, 2.05) is 37.3 Å². The molecule has 0 bridgehead atoms. The molecule has 0 aliphatic carbocycles. The van der Waals surface area contributed by atoms with E-state index < -0.39 is 0 Å². The van der Waals surface area contributed by atoms with Gasteiger partial charge in [0.05, 0.1) is 18.8 Å². The molecule has 25 heavy (non-hydrogen) atoms. The highest BCUT2D eigenvalue weighted by Crippen LogP contribution is 2.33. The SMILES string of the molecule is C[C@H](N)c1ccc(CNC(=O)c2cccc3c2OCCCO3)cc1.Cl. The van der Waals surface area contributed by atoms with Gasteiger partial charge >= 0.3 is 0 Å². The Balaban J connectivity index is 0.00000225. The van der Waals surface area contributed by atoms with E-state index in [2.05, 4.69) is 5.32 Å². The highest BCUT2D eigenvalue weighted by Gasteiger charge is 2.19. The Kier molecular flexibility index (Phi) is 6.67. The summed E-state index contributed by atoms with van der Waals surface area (Å²) in [4.78, 5) is 12.5. The molecule has 0 spiro atoms. The van der Waals surface area contributed by atoms with Crippen molar-refractivity contribution in [3.05, 3.63) is 59.2 Å². The van der Waals surface area contributed by atoms with Crippen LogP contribution in [0.5, 0.6) is 11.5 Å². The van der Waals surface area contributed by atoms with E-state index in [-0.39, 0.29) is 24.4 Å². The summed E-state index contributed by atoms with van der Waals surface area (Å²) >= 11 is 0. The van der Waals surface area contributed by atoms with Crippen LogP contribution >= 0.6 is 12.4 Å². The minimum absolute atomic E-state index is 0. The normalized spacial score (nSPS) is 14.0. The molecule has 1 atom stereocenters. The Labute approximate surface area is 153 Å². The molecule has 0 radical (unpaired) electrons. The van der Waals surface area contributed by atoms with Crippen LogP contribution < -0.4 is 20.5 Å². The number of ether oxygens (including phenoxy) is 2. The zero-order chi connectivity index (χ0) is 16.9. The number of hydrogen-bond donors (Lipinski definition) is 2. The van der Waals surface area contributed by atoms with Gasteiger partial charge < -0.3 is 20.5 Å². The topological polar surface area (TPSA) is 73.6 Å². The predicted octanol–water partition coefficient (Wildman–Crippen LogP) is 3.22. The van der Waals surface area contributed by atoms with E-state index >= 15 is 0 Å². The lowest BCUT2D eigenvalue weighted by Gasteiger charge is -2.13. The molecule has 0 fully saturated rings. The summed E-state index contributed by atoms with van der Waals surface area (Å²) in [6, 6.07) is 13.3. The zero-order valence-electron chi connectivity index (χ0n) is 14.2. The van der Waals surface area contributed by atoms with Crippen LogP contribution in [0.4, 0.5) is 0 Å². The van der Waals surface area contributed by atoms with Crippen molar-refractivity contribution in [1.82, 2.24) is 5.32 Å². The maximum absolute atomic E-state index is 12.5. The summed E-state index contributed by atoms with van der Waals surface area (Å²) in [5, 5.41) is 2.93. The molecular weight excluding hydrogens is 340 g/mol. The maximum atomic E-state index is 12.5. The molecular formula is C19H23ClN2O3. The largest absolute Gasteiger partial charge is 0.490 e. The van der Waals surface area contributed by atoms with Crippen LogP contribution in [0.25, 0.3) is 0 Å². The van der Waals surface area contributed by atoms with Crippen molar-refractivity contribution in [2.45, 2.75) is 25.9 Å². The summed E-state index contributed by atoms with van der Waals surface area (Å²) in [6.07, 6.45) is 0.807. The summed E-state index contributed by atoms with van der Waals surface area (Å²) < 4.78 is 11.3. The van der Waals surface area contributed by atoms with Gasteiger partial charge in [0.25, 0.3) is 5.91 Å². The van der Waals surface area contributed by atoms with E-state index in [1.165, 1.54) is 0 Å². The molecule has 0 saturated heterocycles. The molecule has 3 rings (SSSR count). The third-order valence-corrected chi connectivity index (χ3v) is 3.97. The number of amides is 1. The summed E-state index contributed by atoms with van der Waals surface area (Å²) in [6.45, 7) is 3.54. The zero-order valence-corrected chi connectivity index (χ0v) is 15.0. The standard InChI is InChI=1S/C19H22N2O3.ClH/c1-13(20)15-8-6-14(7-9-15)12-21-19(22)16-4-2-5-17-18(16)24-11-3-10-23-17;/h2,4-9,13H,3,10-12,20H2,1H3,(H,21,22);1H/t13-;/m0./s1. The minimum atomic E-state index is -0.173. The van der Waals surface area contributed by atoms with Gasteiger partial charge in [-0.3, -0.25) is 4.79 Å². The molecule has 1 aliphatic heterocycles. The molecule has 2 aromatic carbocycles. The second kappa shape index (κ2) is 8.74. The van der Waals surface area contributed by atoms with Crippen molar-refractivity contribution >= 4 is 18.3 Å². The van der Waals surface area contributed by atoms with E-state index in [4.69, 9.17) is 15.2 Å². The van der Waals surface area contributed by atoms with Crippen molar-refractivity contribution in [1.29, 1.82) is 0 Å². The quantitative estimate of drug-likeness (QED) is 0.875. The number of benzene rings is 2. The van der Waals surface area contributed by atoms with Gasteiger partial charge in [-0.25, -0.2) is 0 Å². The fraction of sp³-hybridized carbons (Fsp3) is 0.316. The first-order valence-electron chi connectivity index (χ1n) is 8.16. The smallest absolute Gasteiger partial charge is 0.255 e. The number of hydrogen-bond acceptors (Lipinski definition) is 4. The number of fused-ring (bicyclic) bond motifs is 1. The molecule has 0 aromatic heterocycles. The van der Waals surface area contributed by atoms with Gasteiger partial charge in [-0.05, 0) is 30.2 Å². The van der Waals surface area contributed by atoms with Gasteiger partial charge in [-0.1, -0.05) is 30.3 Å². The van der Waals surface area contributed by atoms with Crippen molar-refractivity contribution in [3.63, 3.8) is 0 Å².